The van der Waals surface area contributed by atoms with Gasteiger partial charge in [0, 0.05) is 12.7 Å². The van der Waals surface area contributed by atoms with Crippen LogP contribution in [0.3, 0.4) is 0 Å². The molecular formula is C13H20N2O2S. The second-order valence-corrected chi connectivity index (χ2v) is 4.97. The summed E-state index contributed by atoms with van der Waals surface area (Å²) in [6.45, 7) is 6.00. The minimum absolute atomic E-state index is 0.227. The summed E-state index contributed by atoms with van der Waals surface area (Å²) in [6, 6.07) is 2.11. The summed E-state index contributed by atoms with van der Waals surface area (Å²) in [4.78, 5) is 15.4. The Kier molecular flexibility index (Phi) is 6.75. The summed E-state index contributed by atoms with van der Waals surface area (Å²) < 4.78 is 4.60. The van der Waals surface area contributed by atoms with Crippen molar-refractivity contribution < 1.29 is 9.53 Å². The highest BCUT2D eigenvalue weighted by Gasteiger charge is 2.06. The van der Waals surface area contributed by atoms with E-state index in [1.165, 1.54) is 24.4 Å². The van der Waals surface area contributed by atoms with Gasteiger partial charge in [0.05, 0.1) is 17.9 Å². The van der Waals surface area contributed by atoms with Gasteiger partial charge in [-0.05, 0) is 31.0 Å². The van der Waals surface area contributed by atoms with E-state index in [4.69, 9.17) is 0 Å². The zero-order valence-corrected chi connectivity index (χ0v) is 12.0. The van der Waals surface area contributed by atoms with Crippen molar-refractivity contribution in [3.63, 3.8) is 0 Å². The molecular weight excluding hydrogens is 248 g/mol. The van der Waals surface area contributed by atoms with Crippen molar-refractivity contribution in [2.45, 2.75) is 31.8 Å². The molecule has 18 heavy (non-hydrogen) atoms. The summed E-state index contributed by atoms with van der Waals surface area (Å²) in [5, 5.41) is 4.23. The fraction of sp³-hybridized carbons (Fsp3) is 0.538. The predicted molar refractivity (Wildman–Crippen MR) is 73.7 cm³/mol. The number of esters is 1. The van der Waals surface area contributed by atoms with Crippen LogP contribution in [-0.4, -0.2) is 30.4 Å². The minimum atomic E-state index is -0.227. The molecule has 1 rings (SSSR count). The molecule has 0 atom stereocenters. The summed E-state index contributed by atoms with van der Waals surface area (Å²) in [6.07, 6.45) is 2.98. The standard InChI is InChI=1S/C13H20N2O2S/c1-4-5-14-7-11-6-10(2)13(15-8-11)18-9-12(16)17-3/h6,8,14H,4-5,7,9H2,1-3H3. The van der Waals surface area contributed by atoms with Gasteiger partial charge >= 0.3 is 5.97 Å². The number of ether oxygens (including phenoxy) is 1. The highest BCUT2D eigenvalue weighted by Crippen LogP contribution is 2.20. The second-order valence-electron chi connectivity index (χ2n) is 4.01. The van der Waals surface area contributed by atoms with Crippen molar-refractivity contribution in [2.75, 3.05) is 19.4 Å². The quantitative estimate of drug-likeness (QED) is 0.466. The normalized spacial score (nSPS) is 10.4. The average Bonchev–Trinajstić information content (AvgIpc) is 2.37. The largest absolute Gasteiger partial charge is 0.468 e. The van der Waals surface area contributed by atoms with E-state index in [2.05, 4.69) is 28.0 Å². The van der Waals surface area contributed by atoms with Crippen LogP contribution < -0.4 is 5.32 Å². The number of carbonyl (C=O) groups is 1. The maximum absolute atomic E-state index is 11.1. The number of pyridine rings is 1. The van der Waals surface area contributed by atoms with Crippen molar-refractivity contribution in [2.24, 2.45) is 0 Å². The minimum Gasteiger partial charge on any atom is -0.468 e. The third-order valence-corrected chi connectivity index (χ3v) is 3.48. The lowest BCUT2D eigenvalue weighted by Crippen LogP contribution is -2.14. The number of carbonyl (C=O) groups excluding carboxylic acids is 1. The van der Waals surface area contributed by atoms with Gasteiger partial charge in [-0.1, -0.05) is 24.8 Å². The number of methoxy groups -OCH3 is 1. The van der Waals surface area contributed by atoms with E-state index in [1.54, 1.807) is 0 Å². The number of rotatable bonds is 7. The van der Waals surface area contributed by atoms with Crippen molar-refractivity contribution in [1.82, 2.24) is 10.3 Å². The van der Waals surface area contributed by atoms with E-state index in [0.717, 1.165) is 30.1 Å². The van der Waals surface area contributed by atoms with E-state index in [9.17, 15) is 4.79 Å². The smallest absolute Gasteiger partial charge is 0.316 e. The monoisotopic (exact) mass is 268 g/mol. The molecule has 0 amide bonds. The summed E-state index contributed by atoms with van der Waals surface area (Å²) >= 11 is 1.41. The number of nitrogens with one attached hydrogen (secondary N) is 1. The third-order valence-electron chi connectivity index (χ3n) is 2.40. The number of thioether (sulfide) groups is 1. The molecule has 1 heterocycles. The highest BCUT2D eigenvalue weighted by atomic mass is 32.2. The Morgan fingerprint density at radius 2 is 2.33 bits per heavy atom. The number of aryl methyl sites for hydroxylation is 1. The SMILES string of the molecule is CCCNCc1cnc(SCC(=O)OC)c(C)c1. The first-order chi connectivity index (χ1) is 8.67. The molecule has 0 aromatic carbocycles. The van der Waals surface area contributed by atoms with Crippen molar-refractivity contribution in [3.05, 3.63) is 23.4 Å². The van der Waals surface area contributed by atoms with Crippen LogP contribution >= 0.6 is 11.8 Å². The van der Waals surface area contributed by atoms with Gasteiger partial charge in [-0.25, -0.2) is 4.98 Å². The van der Waals surface area contributed by atoms with Crippen LogP contribution in [0.15, 0.2) is 17.3 Å². The van der Waals surface area contributed by atoms with Crippen LogP contribution in [0.4, 0.5) is 0 Å². The van der Waals surface area contributed by atoms with Crippen molar-refractivity contribution >= 4 is 17.7 Å². The number of hydrogen-bond acceptors (Lipinski definition) is 5. The molecule has 0 aliphatic heterocycles. The average molecular weight is 268 g/mol. The number of aromatic nitrogens is 1. The zero-order chi connectivity index (χ0) is 13.4. The highest BCUT2D eigenvalue weighted by molar-refractivity contribution is 7.99. The van der Waals surface area contributed by atoms with Gasteiger partial charge in [0.25, 0.3) is 0 Å². The number of nitrogens with zero attached hydrogens (tertiary/aromatic N) is 1. The molecule has 1 aromatic heterocycles. The Balaban J connectivity index is 2.53. The van der Waals surface area contributed by atoms with E-state index in [0.29, 0.717) is 5.75 Å². The van der Waals surface area contributed by atoms with Gasteiger partial charge in [0.2, 0.25) is 0 Å². The molecule has 0 radical (unpaired) electrons. The molecule has 0 unspecified atom stereocenters. The first kappa shape index (κ1) is 15.0. The van der Waals surface area contributed by atoms with Crippen molar-refractivity contribution in [1.29, 1.82) is 0 Å². The Hall–Kier alpha value is -1.07. The summed E-state index contributed by atoms with van der Waals surface area (Å²) in [5.74, 6) is 0.0764. The maximum Gasteiger partial charge on any atom is 0.316 e. The van der Waals surface area contributed by atoms with Gasteiger partial charge in [-0.2, -0.15) is 0 Å². The lowest BCUT2D eigenvalue weighted by molar-refractivity contribution is -0.137. The van der Waals surface area contributed by atoms with Crippen LogP contribution in [0, 0.1) is 6.92 Å². The van der Waals surface area contributed by atoms with Gasteiger partial charge in [0.15, 0.2) is 0 Å². The molecule has 0 spiro atoms. The Bertz CT molecular complexity index is 397. The first-order valence-electron chi connectivity index (χ1n) is 6.03. The molecule has 0 aliphatic carbocycles. The lowest BCUT2D eigenvalue weighted by Gasteiger charge is -2.07. The van der Waals surface area contributed by atoms with Gasteiger partial charge in [-0.3, -0.25) is 4.79 Å². The van der Waals surface area contributed by atoms with Crippen LogP contribution in [0.2, 0.25) is 0 Å². The maximum atomic E-state index is 11.1. The fourth-order valence-corrected chi connectivity index (χ4v) is 2.25. The lowest BCUT2D eigenvalue weighted by atomic mass is 10.2. The van der Waals surface area contributed by atoms with E-state index >= 15 is 0 Å². The molecule has 5 heteroatoms. The molecule has 1 N–H and O–H groups in total. The van der Waals surface area contributed by atoms with Crippen LogP contribution in [0.1, 0.15) is 24.5 Å². The molecule has 0 aliphatic rings. The Morgan fingerprint density at radius 3 is 2.94 bits per heavy atom. The molecule has 0 saturated carbocycles. The zero-order valence-electron chi connectivity index (χ0n) is 11.2. The van der Waals surface area contributed by atoms with Gasteiger partial charge in [-0.15, -0.1) is 0 Å². The molecule has 4 nitrogen and oxygen atoms in total. The van der Waals surface area contributed by atoms with E-state index < -0.39 is 0 Å². The summed E-state index contributed by atoms with van der Waals surface area (Å²) in [7, 11) is 1.39. The van der Waals surface area contributed by atoms with E-state index in [-0.39, 0.29) is 5.97 Å². The number of hydrogen-bond donors (Lipinski definition) is 1. The molecule has 0 saturated heterocycles. The summed E-state index contributed by atoms with van der Waals surface area (Å²) in [5.41, 5.74) is 2.27. The third kappa shape index (κ3) is 5.06. The van der Waals surface area contributed by atoms with Crippen LogP contribution in [-0.2, 0) is 16.1 Å². The second kappa shape index (κ2) is 8.11. The topological polar surface area (TPSA) is 51.2 Å². The van der Waals surface area contributed by atoms with Crippen LogP contribution in [0.25, 0.3) is 0 Å². The Labute approximate surface area is 113 Å². The predicted octanol–water partition coefficient (Wildman–Crippen LogP) is 2.15. The first-order valence-corrected chi connectivity index (χ1v) is 7.01. The van der Waals surface area contributed by atoms with E-state index in [1.807, 2.05) is 13.1 Å². The molecule has 1 aromatic rings. The van der Waals surface area contributed by atoms with Crippen molar-refractivity contribution in [3.8, 4) is 0 Å². The van der Waals surface area contributed by atoms with Gasteiger partial charge in [0.1, 0.15) is 0 Å². The van der Waals surface area contributed by atoms with Gasteiger partial charge < -0.3 is 10.1 Å². The fourth-order valence-electron chi connectivity index (χ4n) is 1.46. The molecule has 0 bridgehead atoms. The Morgan fingerprint density at radius 1 is 1.56 bits per heavy atom. The van der Waals surface area contributed by atoms with Crippen LogP contribution in [0.5, 0.6) is 0 Å². The molecule has 0 fully saturated rings. The molecule has 100 valence electrons.